The van der Waals surface area contributed by atoms with Crippen molar-refractivity contribution in [1.82, 2.24) is 9.62 Å². The lowest BCUT2D eigenvalue weighted by atomic mass is 10.0. The lowest BCUT2D eigenvalue weighted by Gasteiger charge is -2.32. The number of hydrogen-bond acceptors (Lipinski definition) is 4. The van der Waals surface area contributed by atoms with Gasteiger partial charge in [0.25, 0.3) is 10.0 Å². The van der Waals surface area contributed by atoms with Crippen molar-refractivity contribution in [3.8, 4) is 0 Å². The molecule has 1 N–H and O–H groups in total. The summed E-state index contributed by atoms with van der Waals surface area (Å²) in [7, 11) is -2.00. The van der Waals surface area contributed by atoms with Crippen molar-refractivity contribution < 1.29 is 12.8 Å². The van der Waals surface area contributed by atoms with Crippen LogP contribution in [0.25, 0.3) is 0 Å². The summed E-state index contributed by atoms with van der Waals surface area (Å²) >= 11 is 0. The molecule has 1 rings (SSSR count). The molecule has 0 unspecified atom stereocenters. The summed E-state index contributed by atoms with van der Waals surface area (Å²) < 4.78 is 32.0. The fourth-order valence-electron chi connectivity index (χ4n) is 1.76. The van der Waals surface area contributed by atoms with Crippen LogP contribution in [0.4, 0.5) is 0 Å². The maximum Gasteiger partial charge on any atom is 0.276 e. The van der Waals surface area contributed by atoms with Crippen molar-refractivity contribution in [3.63, 3.8) is 0 Å². The molecule has 0 saturated carbocycles. The number of nitrogens with zero attached hydrogens (tertiary/aromatic N) is 1. The van der Waals surface area contributed by atoms with Crippen LogP contribution in [-0.2, 0) is 16.6 Å². The highest BCUT2D eigenvalue weighted by Crippen LogP contribution is 2.26. The Morgan fingerprint density at radius 2 is 1.95 bits per heavy atom. The molecule has 21 heavy (non-hydrogen) atoms. The van der Waals surface area contributed by atoms with Crippen molar-refractivity contribution in [2.45, 2.75) is 58.2 Å². The first-order chi connectivity index (χ1) is 9.61. The van der Waals surface area contributed by atoms with Gasteiger partial charge in [0.1, 0.15) is 5.76 Å². The first-order valence-electron chi connectivity index (χ1n) is 7.39. The lowest BCUT2D eigenvalue weighted by Crippen LogP contribution is -2.44. The van der Waals surface area contributed by atoms with Gasteiger partial charge in [0.05, 0.1) is 6.54 Å². The van der Waals surface area contributed by atoms with E-state index in [1.807, 2.05) is 20.8 Å². The molecular weight excluding hydrogens is 288 g/mol. The van der Waals surface area contributed by atoms with Crippen molar-refractivity contribution in [2.75, 3.05) is 13.6 Å². The van der Waals surface area contributed by atoms with E-state index in [1.54, 1.807) is 13.1 Å². The highest BCUT2D eigenvalue weighted by atomic mass is 32.2. The van der Waals surface area contributed by atoms with Gasteiger partial charge in [0.15, 0.2) is 0 Å². The van der Waals surface area contributed by atoms with E-state index >= 15 is 0 Å². The summed E-state index contributed by atoms with van der Waals surface area (Å²) in [5.41, 5.74) is -0.443. The van der Waals surface area contributed by atoms with E-state index in [0.29, 0.717) is 18.2 Å². The minimum absolute atomic E-state index is 0.00729. The molecule has 0 fully saturated rings. The van der Waals surface area contributed by atoms with Gasteiger partial charge in [-0.25, -0.2) is 8.42 Å². The summed E-state index contributed by atoms with van der Waals surface area (Å²) in [6.45, 7) is 11.4. The maximum atomic E-state index is 12.5. The van der Waals surface area contributed by atoms with Crippen molar-refractivity contribution in [1.29, 1.82) is 0 Å². The molecule has 1 heterocycles. The summed E-state index contributed by atoms with van der Waals surface area (Å²) in [6, 6.07) is 3.25. The van der Waals surface area contributed by atoms with Gasteiger partial charge in [-0.15, -0.1) is 0 Å². The Hall–Kier alpha value is -0.850. The number of hydrogen-bond donors (Lipinski definition) is 1. The largest absolute Gasteiger partial charge is 0.447 e. The number of furan rings is 1. The molecule has 0 radical (unpaired) electrons. The third-order valence-electron chi connectivity index (χ3n) is 3.82. The summed E-state index contributed by atoms with van der Waals surface area (Å²) in [5, 5.41) is 3.24. The molecule has 0 amide bonds. The first kappa shape index (κ1) is 18.2. The third-order valence-corrected chi connectivity index (χ3v) is 5.76. The van der Waals surface area contributed by atoms with Crippen LogP contribution in [0.2, 0.25) is 0 Å². The molecule has 0 aromatic carbocycles. The number of nitrogens with one attached hydrogen (secondary N) is 1. The maximum absolute atomic E-state index is 12.5. The van der Waals surface area contributed by atoms with Crippen LogP contribution in [0.3, 0.4) is 0 Å². The minimum atomic E-state index is -3.59. The Morgan fingerprint density at radius 3 is 2.48 bits per heavy atom. The minimum Gasteiger partial charge on any atom is -0.447 e. The summed E-state index contributed by atoms with van der Waals surface area (Å²) in [5.74, 6) is 1.18. The average molecular weight is 316 g/mol. The average Bonchev–Trinajstić information content (AvgIpc) is 2.87. The Kier molecular flexibility index (Phi) is 6.01. The molecule has 122 valence electrons. The van der Waals surface area contributed by atoms with Crippen LogP contribution in [0.1, 0.15) is 46.8 Å². The van der Waals surface area contributed by atoms with Crippen LogP contribution in [-0.4, -0.2) is 31.9 Å². The van der Waals surface area contributed by atoms with Gasteiger partial charge in [-0.1, -0.05) is 20.8 Å². The summed E-state index contributed by atoms with van der Waals surface area (Å²) in [6.07, 6.45) is 0.728. The van der Waals surface area contributed by atoms with Crippen LogP contribution < -0.4 is 5.32 Å². The zero-order valence-electron chi connectivity index (χ0n) is 13.9. The zero-order valence-corrected chi connectivity index (χ0v) is 14.8. The van der Waals surface area contributed by atoms with Crippen LogP contribution in [0.5, 0.6) is 0 Å². The second-order valence-electron chi connectivity index (χ2n) is 6.38. The van der Waals surface area contributed by atoms with E-state index in [-0.39, 0.29) is 5.09 Å². The van der Waals surface area contributed by atoms with Gasteiger partial charge in [-0.05, 0) is 44.9 Å². The molecule has 0 bridgehead atoms. The quantitative estimate of drug-likeness (QED) is 0.801. The molecule has 1 aromatic rings. The van der Waals surface area contributed by atoms with E-state index < -0.39 is 15.6 Å². The molecule has 0 aliphatic carbocycles. The number of sulfonamides is 1. The first-order valence-corrected chi connectivity index (χ1v) is 8.83. The molecule has 0 spiro atoms. The third kappa shape index (κ3) is 4.56. The molecule has 0 saturated heterocycles. The second-order valence-corrected chi connectivity index (χ2v) is 8.28. The van der Waals surface area contributed by atoms with Gasteiger partial charge < -0.3 is 9.73 Å². The molecule has 1 aromatic heterocycles. The van der Waals surface area contributed by atoms with E-state index in [2.05, 4.69) is 19.2 Å². The molecule has 5 nitrogen and oxygen atoms in total. The van der Waals surface area contributed by atoms with Gasteiger partial charge in [-0.2, -0.15) is 4.31 Å². The molecule has 0 atom stereocenters. The Balaban J connectivity index is 2.84. The van der Waals surface area contributed by atoms with Crippen molar-refractivity contribution >= 4 is 10.0 Å². The van der Waals surface area contributed by atoms with Crippen LogP contribution >= 0.6 is 0 Å². The SMILES string of the molecule is CCC(C)(C)N(C)S(=O)(=O)c1ccc(CNCC(C)C)o1. The Labute approximate surface area is 128 Å². The van der Waals surface area contributed by atoms with Gasteiger partial charge >= 0.3 is 0 Å². The standard InChI is InChI=1S/C15H28N2O3S/c1-7-15(4,5)17(6)21(18,19)14-9-8-13(20-14)11-16-10-12(2)3/h8-9,12,16H,7,10-11H2,1-6H3. The van der Waals surface area contributed by atoms with E-state index in [0.717, 1.165) is 13.0 Å². The lowest BCUT2D eigenvalue weighted by molar-refractivity contribution is 0.249. The van der Waals surface area contributed by atoms with Gasteiger partial charge in [-0.3, -0.25) is 0 Å². The fourth-order valence-corrected chi connectivity index (χ4v) is 3.26. The predicted molar refractivity (Wildman–Crippen MR) is 84.6 cm³/mol. The predicted octanol–water partition coefficient (Wildman–Crippen LogP) is 2.83. The van der Waals surface area contributed by atoms with Gasteiger partial charge in [0.2, 0.25) is 5.09 Å². The Morgan fingerprint density at radius 1 is 1.33 bits per heavy atom. The van der Waals surface area contributed by atoms with Crippen molar-refractivity contribution in [3.05, 3.63) is 17.9 Å². The van der Waals surface area contributed by atoms with Crippen LogP contribution in [0, 0.1) is 5.92 Å². The van der Waals surface area contributed by atoms with E-state index in [1.165, 1.54) is 10.4 Å². The molecular formula is C15H28N2O3S. The monoisotopic (exact) mass is 316 g/mol. The highest BCUT2D eigenvalue weighted by molar-refractivity contribution is 7.89. The fraction of sp³-hybridized carbons (Fsp3) is 0.733. The zero-order chi connectivity index (χ0) is 16.3. The van der Waals surface area contributed by atoms with Crippen molar-refractivity contribution in [2.24, 2.45) is 5.92 Å². The van der Waals surface area contributed by atoms with Crippen LogP contribution in [0.15, 0.2) is 21.6 Å². The van der Waals surface area contributed by atoms with Gasteiger partial charge in [0, 0.05) is 12.6 Å². The topological polar surface area (TPSA) is 62.6 Å². The van der Waals surface area contributed by atoms with E-state index in [4.69, 9.17) is 4.42 Å². The molecule has 6 heteroatoms. The normalized spacial score (nSPS) is 13.3. The second kappa shape index (κ2) is 6.94. The number of rotatable bonds is 8. The Bertz CT molecular complexity index is 547. The summed E-state index contributed by atoms with van der Waals surface area (Å²) in [4.78, 5) is 0. The van der Waals surface area contributed by atoms with E-state index in [9.17, 15) is 8.42 Å². The molecule has 0 aliphatic heterocycles. The molecule has 0 aliphatic rings. The smallest absolute Gasteiger partial charge is 0.276 e. The highest BCUT2D eigenvalue weighted by Gasteiger charge is 2.34.